The minimum atomic E-state index is -4.26. The third-order valence-corrected chi connectivity index (χ3v) is 7.52. The Balaban J connectivity index is 2.08. The minimum Gasteiger partial charge on any atom is -0.495 e. The molecule has 0 unspecified atom stereocenters. The maximum absolute atomic E-state index is 13.8. The number of sulfonamides is 1. The highest BCUT2D eigenvalue weighted by atomic mass is 35.5. The van der Waals surface area contributed by atoms with E-state index in [4.69, 9.17) is 30.5 Å². The fourth-order valence-corrected chi connectivity index (χ4v) is 5.17. The van der Waals surface area contributed by atoms with E-state index in [0.717, 1.165) is 9.87 Å². The van der Waals surface area contributed by atoms with Crippen molar-refractivity contribution in [2.75, 3.05) is 44.6 Å². The van der Waals surface area contributed by atoms with Gasteiger partial charge < -0.3 is 24.3 Å². The van der Waals surface area contributed by atoms with Crippen molar-refractivity contribution in [3.05, 3.63) is 70.7 Å². The van der Waals surface area contributed by atoms with Gasteiger partial charge in [-0.2, -0.15) is 0 Å². The van der Waals surface area contributed by atoms with Crippen molar-refractivity contribution in [1.29, 1.82) is 0 Å². The quantitative estimate of drug-likeness (QED) is 0.363. The van der Waals surface area contributed by atoms with Crippen molar-refractivity contribution in [3.8, 4) is 17.2 Å². The van der Waals surface area contributed by atoms with Gasteiger partial charge in [0.2, 0.25) is 5.91 Å². The lowest BCUT2D eigenvalue weighted by Gasteiger charge is -2.26. The highest BCUT2D eigenvalue weighted by Gasteiger charge is 2.30. The first kappa shape index (κ1) is 28.6. The average molecular weight is 563 g/mol. The largest absolute Gasteiger partial charge is 0.495 e. The van der Waals surface area contributed by atoms with Crippen molar-refractivity contribution < 1.29 is 37.0 Å². The number of aryl methyl sites for hydroxylation is 1. The first-order chi connectivity index (χ1) is 18.0. The monoisotopic (exact) mass is 562 g/mol. The second-order valence-electron chi connectivity index (χ2n) is 7.93. The fourth-order valence-electron chi connectivity index (χ4n) is 3.58. The number of hydrogen-bond donors (Lipinski definition) is 1. The molecule has 10 nitrogen and oxygen atoms in total. The number of nitrogens with one attached hydrogen (secondary N) is 1. The van der Waals surface area contributed by atoms with Gasteiger partial charge in [-0.1, -0.05) is 29.3 Å². The molecule has 1 amide bonds. The average Bonchev–Trinajstić information content (AvgIpc) is 2.91. The smallest absolute Gasteiger partial charge is 0.340 e. The van der Waals surface area contributed by atoms with Crippen LogP contribution in [0.3, 0.4) is 0 Å². The maximum Gasteiger partial charge on any atom is 0.340 e. The van der Waals surface area contributed by atoms with Crippen molar-refractivity contribution in [3.63, 3.8) is 0 Å². The predicted molar refractivity (Wildman–Crippen MR) is 143 cm³/mol. The van der Waals surface area contributed by atoms with Gasteiger partial charge in [-0.15, -0.1) is 0 Å². The summed E-state index contributed by atoms with van der Waals surface area (Å²) in [5.74, 6) is -0.865. The van der Waals surface area contributed by atoms with Crippen LogP contribution < -0.4 is 23.8 Å². The van der Waals surface area contributed by atoms with Gasteiger partial charge in [-0.3, -0.25) is 9.10 Å². The Morgan fingerprint density at radius 2 is 1.47 bits per heavy atom. The topological polar surface area (TPSA) is 120 Å². The predicted octanol–water partition coefficient (Wildman–Crippen LogP) is 4.29. The first-order valence-electron chi connectivity index (χ1n) is 11.1. The van der Waals surface area contributed by atoms with Crippen LogP contribution in [0.1, 0.15) is 15.9 Å². The molecule has 0 radical (unpaired) electrons. The van der Waals surface area contributed by atoms with E-state index >= 15 is 0 Å². The van der Waals surface area contributed by atoms with Crippen LogP contribution in [0, 0.1) is 6.92 Å². The normalized spacial score (nSPS) is 10.9. The molecule has 38 heavy (non-hydrogen) atoms. The number of carbonyl (C=O) groups is 2. The summed E-state index contributed by atoms with van der Waals surface area (Å²) in [5, 5.41) is 2.82. The van der Waals surface area contributed by atoms with Crippen LogP contribution in [0.5, 0.6) is 17.2 Å². The Bertz CT molecular complexity index is 1440. The van der Waals surface area contributed by atoms with Crippen molar-refractivity contribution in [1.82, 2.24) is 0 Å². The van der Waals surface area contributed by atoms with Gasteiger partial charge in [-0.05, 0) is 37.3 Å². The van der Waals surface area contributed by atoms with Gasteiger partial charge in [-0.25, -0.2) is 13.2 Å². The Hall–Kier alpha value is -3.96. The lowest BCUT2D eigenvalue weighted by Crippen LogP contribution is -2.38. The molecule has 12 heteroatoms. The van der Waals surface area contributed by atoms with Crippen LogP contribution in [0.2, 0.25) is 5.02 Å². The van der Waals surface area contributed by atoms with Crippen LogP contribution in [0.25, 0.3) is 0 Å². The Morgan fingerprint density at radius 3 is 2.05 bits per heavy atom. The minimum absolute atomic E-state index is 0.0215. The summed E-state index contributed by atoms with van der Waals surface area (Å²) in [6.07, 6.45) is 0. The summed E-state index contributed by atoms with van der Waals surface area (Å²) in [4.78, 5) is 25.7. The van der Waals surface area contributed by atoms with E-state index in [9.17, 15) is 18.0 Å². The van der Waals surface area contributed by atoms with E-state index < -0.39 is 28.4 Å². The van der Waals surface area contributed by atoms with Gasteiger partial charge in [0.1, 0.15) is 12.3 Å². The molecule has 3 rings (SSSR count). The van der Waals surface area contributed by atoms with E-state index in [0.29, 0.717) is 0 Å². The lowest BCUT2D eigenvalue weighted by molar-refractivity contribution is -0.114. The number of amides is 1. The summed E-state index contributed by atoms with van der Waals surface area (Å²) >= 11 is 6.18. The molecular weight excluding hydrogens is 536 g/mol. The SMILES string of the molecule is COC(=O)c1cc(OC)c(OC)cc1NC(=O)CN(c1cc(Cl)ccc1OC)S(=O)(=O)c1ccc(C)cc1. The van der Waals surface area contributed by atoms with E-state index in [1.165, 1.54) is 70.9 Å². The number of ether oxygens (including phenoxy) is 4. The maximum atomic E-state index is 13.8. The van der Waals surface area contributed by atoms with Crippen LogP contribution >= 0.6 is 11.6 Å². The number of halogens is 1. The molecule has 0 heterocycles. The van der Waals surface area contributed by atoms with E-state index in [2.05, 4.69) is 5.32 Å². The molecular formula is C26H27ClN2O8S. The van der Waals surface area contributed by atoms with E-state index in [-0.39, 0.29) is 44.1 Å². The van der Waals surface area contributed by atoms with Gasteiger partial charge >= 0.3 is 5.97 Å². The van der Waals surface area contributed by atoms with Gasteiger partial charge in [0.15, 0.2) is 11.5 Å². The molecule has 0 saturated carbocycles. The zero-order valence-corrected chi connectivity index (χ0v) is 23.0. The van der Waals surface area contributed by atoms with E-state index in [1.54, 1.807) is 12.1 Å². The molecule has 0 aliphatic rings. The molecule has 3 aromatic rings. The van der Waals surface area contributed by atoms with E-state index in [1.807, 2.05) is 6.92 Å². The second kappa shape index (κ2) is 12.1. The second-order valence-corrected chi connectivity index (χ2v) is 10.2. The number of nitrogens with zero attached hydrogens (tertiary/aromatic N) is 1. The number of benzene rings is 3. The summed E-state index contributed by atoms with van der Waals surface area (Å²) < 4.78 is 49.1. The molecule has 0 aliphatic heterocycles. The number of carbonyl (C=O) groups excluding carboxylic acids is 2. The van der Waals surface area contributed by atoms with Crippen molar-refractivity contribution >= 4 is 44.9 Å². The number of methoxy groups -OCH3 is 4. The Morgan fingerprint density at radius 1 is 0.868 bits per heavy atom. The van der Waals surface area contributed by atoms with Crippen LogP contribution in [-0.4, -0.2) is 55.3 Å². The zero-order valence-electron chi connectivity index (χ0n) is 21.4. The number of rotatable bonds is 10. The molecule has 0 fully saturated rings. The summed E-state index contributed by atoms with van der Waals surface area (Å²) in [5.41, 5.74) is 0.922. The number of anilines is 2. The molecule has 0 spiro atoms. The Kier molecular flexibility index (Phi) is 9.08. The number of esters is 1. The molecule has 0 atom stereocenters. The molecule has 0 aliphatic carbocycles. The van der Waals surface area contributed by atoms with Gasteiger partial charge in [0, 0.05) is 17.2 Å². The summed E-state index contributed by atoms with van der Waals surface area (Å²) in [6, 6.07) is 13.3. The summed E-state index contributed by atoms with van der Waals surface area (Å²) in [7, 11) is 1.08. The van der Waals surface area contributed by atoms with Crippen LogP contribution in [0.15, 0.2) is 59.5 Å². The molecule has 0 aromatic heterocycles. The van der Waals surface area contributed by atoms with Gasteiger partial charge in [0.25, 0.3) is 10.0 Å². The standard InChI is InChI=1S/C26H27ClN2O8S/c1-16-6-9-18(10-7-16)38(32,33)29(21-12-17(27)8-11-22(21)34-2)15-25(30)28-20-14-24(36-4)23(35-3)13-19(20)26(31)37-5/h6-14H,15H2,1-5H3,(H,28,30). The van der Waals surface area contributed by atoms with Crippen LogP contribution in [-0.2, 0) is 19.6 Å². The molecule has 0 saturated heterocycles. The van der Waals surface area contributed by atoms with Crippen LogP contribution in [0.4, 0.5) is 11.4 Å². The Labute approximate surface area is 226 Å². The third-order valence-electron chi connectivity index (χ3n) is 5.51. The molecule has 3 aromatic carbocycles. The van der Waals surface area contributed by atoms with Crippen molar-refractivity contribution in [2.45, 2.75) is 11.8 Å². The molecule has 0 bridgehead atoms. The van der Waals surface area contributed by atoms with Crippen molar-refractivity contribution in [2.24, 2.45) is 0 Å². The highest BCUT2D eigenvalue weighted by molar-refractivity contribution is 7.92. The zero-order chi connectivity index (χ0) is 28.0. The van der Waals surface area contributed by atoms with Gasteiger partial charge in [0.05, 0.1) is 50.3 Å². The fraction of sp³-hybridized carbons (Fsp3) is 0.231. The molecule has 202 valence electrons. The lowest BCUT2D eigenvalue weighted by atomic mass is 10.1. The molecule has 1 N–H and O–H groups in total. The number of hydrogen-bond acceptors (Lipinski definition) is 8. The first-order valence-corrected chi connectivity index (χ1v) is 12.9. The summed E-state index contributed by atoms with van der Waals surface area (Å²) in [6.45, 7) is 1.14. The highest BCUT2D eigenvalue weighted by Crippen LogP contribution is 2.36. The third kappa shape index (κ3) is 6.12.